The smallest absolute Gasteiger partial charge is 0.407 e. The molecule has 1 atom stereocenters. The van der Waals surface area contributed by atoms with E-state index in [1.807, 2.05) is 24.3 Å². The molecule has 34 heavy (non-hydrogen) atoms. The molecule has 4 N–H and O–H groups in total. The summed E-state index contributed by atoms with van der Waals surface area (Å²) in [6.45, 7) is 0.935. The van der Waals surface area contributed by atoms with Gasteiger partial charge in [0, 0.05) is 31.8 Å². The molecule has 0 bridgehead atoms. The van der Waals surface area contributed by atoms with Gasteiger partial charge in [-0.1, -0.05) is 61.4 Å². The van der Waals surface area contributed by atoms with Crippen molar-refractivity contribution in [2.24, 2.45) is 0 Å². The van der Waals surface area contributed by atoms with E-state index in [1.165, 1.54) is 22.3 Å². The van der Waals surface area contributed by atoms with Gasteiger partial charge in [0.05, 0.1) is 0 Å². The second-order valence-electron chi connectivity index (χ2n) is 8.41. The molecule has 2 aromatic carbocycles. The SMILES string of the molecule is O=C(CCCCCCNC(=O)OCC1c2ccccc2-c2ccccc21)NCCC(O)C(=O)O. The summed E-state index contributed by atoms with van der Waals surface area (Å²) in [5, 5.41) is 23.1. The average Bonchev–Trinajstić information content (AvgIpc) is 3.15. The van der Waals surface area contributed by atoms with Crippen LogP contribution in [0.5, 0.6) is 0 Å². The largest absolute Gasteiger partial charge is 0.479 e. The number of rotatable bonds is 13. The van der Waals surface area contributed by atoms with Gasteiger partial charge in [-0.05, 0) is 35.1 Å². The first-order chi connectivity index (χ1) is 16.5. The van der Waals surface area contributed by atoms with Gasteiger partial charge < -0.3 is 25.6 Å². The fraction of sp³-hybridized carbons (Fsp3) is 0.423. The molecule has 8 nitrogen and oxygen atoms in total. The highest BCUT2D eigenvalue weighted by atomic mass is 16.5. The van der Waals surface area contributed by atoms with E-state index in [1.54, 1.807) is 0 Å². The molecule has 2 amide bonds. The van der Waals surface area contributed by atoms with Crippen LogP contribution in [0.4, 0.5) is 4.79 Å². The van der Waals surface area contributed by atoms with Crippen LogP contribution in [0.3, 0.4) is 0 Å². The average molecular weight is 469 g/mol. The summed E-state index contributed by atoms with van der Waals surface area (Å²) in [5.41, 5.74) is 4.74. The van der Waals surface area contributed by atoms with Gasteiger partial charge in [0.25, 0.3) is 0 Å². The third-order valence-corrected chi connectivity index (χ3v) is 5.97. The molecule has 0 fully saturated rings. The number of carbonyl (C=O) groups excluding carboxylic acids is 2. The molecule has 1 unspecified atom stereocenters. The number of unbranched alkanes of at least 4 members (excludes halogenated alkanes) is 3. The molecule has 3 rings (SSSR count). The summed E-state index contributed by atoms with van der Waals surface area (Å²) in [7, 11) is 0. The number of hydrogen-bond donors (Lipinski definition) is 4. The van der Waals surface area contributed by atoms with Crippen LogP contribution in [0.1, 0.15) is 55.6 Å². The van der Waals surface area contributed by atoms with Crippen LogP contribution in [0.2, 0.25) is 0 Å². The van der Waals surface area contributed by atoms with E-state index in [0.717, 1.165) is 19.3 Å². The third-order valence-electron chi connectivity index (χ3n) is 5.97. The highest BCUT2D eigenvalue weighted by Gasteiger charge is 2.28. The van der Waals surface area contributed by atoms with E-state index in [0.29, 0.717) is 26.0 Å². The van der Waals surface area contributed by atoms with E-state index in [4.69, 9.17) is 14.9 Å². The quantitative estimate of drug-likeness (QED) is 0.334. The molecule has 182 valence electrons. The molecule has 0 aliphatic heterocycles. The van der Waals surface area contributed by atoms with Gasteiger partial charge >= 0.3 is 12.1 Å². The van der Waals surface area contributed by atoms with E-state index >= 15 is 0 Å². The number of benzene rings is 2. The minimum absolute atomic E-state index is 0.0113. The first kappa shape index (κ1) is 25.2. The van der Waals surface area contributed by atoms with Crippen molar-refractivity contribution in [2.75, 3.05) is 19.7 Å². The molecule has 0 heterocycles. The number of nitrogens with one attached hydrogen (secondary N) is 2. The van der Waals surface area contributed by atoms with Crippen molar-refractivity contribution in [3.05, 3.63) is 59.7 Å². The number of hydrogen-bond acceptors (Lipinski definition) is 5. The molecule has 0 saturated carbocycles. The Morgan fingerprint density at radius 2 is 1.47 bits per heavy atom. The number of aliphatic hydroxyl groups excluding tert-OH is 1. The van der Waals surface area contributed by atoms with Crippen molar-refractivity contribution in [1.29, 1.82) is 0 Å². The lowest BCUT2D eigenvalue weighted by atomic mass is 9.98. The number of aliphatic hydroxyl groups is 1. The zero-order valence-corrected chi connectivity index (χ0v) is 19.2. The van der Waals surface area contributed by atoms with Crippen LogP contribution in [-0.2, 0) is 14.3 Å². The number of amides is 2. The Kier molecular flexibility index (Phi) is 9.46. The molecule has 8 heteroatoms. The Hall–Kier alpha value is -3.39. The minimum atomic E-state index is -1.45. The highest BCUT2D eigenvalue weighted by molar-refractivity contribution is 5.79. The number of carbonyl (C=O) groups is 3. The minimum Gasteiger partial charge on any atom is -0.479 e. The Bertz CT molecular complexity index is 947. The van der Waals surface area contributed by atoms with Gasteiger partial charge in [-0.25, -0.2) is 9.59 Å². The maximum absolute atomic E-state index is 12.2. The van der Waals surface area contributed by atoms with Crippen LogP contribution in [0, 0.1) is 0 Å². The van der Waals surface area contributed by atoms with Crippen LogP contribution >= 0.6 is 0 Å². The van der Waals surface area contributed by atoms with Gasteiger partial charge in [0.1, 0.15) is 6.61 Å². The molecule has 1 aliphatic carbocycles. The predicted molar refractivity (Wildman–Crippen MR) is 127 cm³/mol. The van der Waals surface area contributed by atoms with Crippen molar-refractivity contribution < 1.29 is 29.3 Å². The summed E-state index contributed by atoms with van der Waals surface area (Å²) in [6.07, 6.45) is 1.67. The van der Waals surface area contributed by atoms with Gasteiger partial charge in [-0.15, -0.1) is 0 Å². The highest BCUT2D eigenvalue weighted by Crippen LogP contribution is 2.44. The fourth-order valence-electron chi connectivity index (χ4n) is 4.16. The molecule has 0 radical (unpaired) electrons. The van der Waals surface area contributed by atoms with E-state index < -0.39 is 18.2 Å². The molecular formula is C26H32N2O6. The Labute approximate surface area is 199 Å². The Morgan fingerprint density at radius 3 is 2.12 bits per heavy atom. The lowest BCUT2D eigenvalue weighted by Gasteiger charge is -2.14. The summed E-state index contributed by atoms with van der Waals surface area (Å²) >= 11 is 0. The molecule has 1 aliphatic rings. The van der Waals surface area contributed by atoms with Crippen LogP contribution in [0.15, 0.2) is 48.5 Å². The third kappa shape index (κ3) is 7.05. The molecular weight excluding hydrogens is 436 g/mol. The number of alkyl carbamates (subject to hydrolysis) is 1. The fourth-order valence-corrected chi connectivity index (χ4v) is 4.16. The summed E-state index contributed by atoms with van der Waals surface area (Å²) in [6, 6.07) is 16.4. The molecule has 0 aromatic heterocycles. The van der Waals surface area contributed by atoms with Crippen molar-refractivity contribution in [3.63, 3.8) is 0 Å². The first-order valence-corrected chi connectivity index (χ1v) is 11.7. The Balaban J connectivity index is 1.26. The van der Waals surface area contributed by atoms with Crippen molar-refractivity contribution in [1.82, 2.24) is 10.6 Å². The second-order valence-corrected chi connectivity index (χ2v) is 8.41. The summed E-state index contributed by atoms with van der Waals surface area (Å²) < 4.78 is 5.51. The van der Waals surface area contributed by atoms with Gasteiger partial charge in [0.2, 0.25) is 5.91 Å². The van der Waals surface area contributed by atoms with E-state index in [2.05, 4.69) is 34.9 Å². The molecule has 2 aromatic rings. The maximum Gasteiger partial charge on any atom is 0.407 e. The zero-order valence-electron chi connectivity index (χ0n) is 19.2. The van der Waals surface area contributed by atoms with E-state index in [-0.39, 0.29) is 24.8 Å². The van der Waals surface area contributed by atoms with Crippen molar-refractivity contribution in [3.8, 4) is 11.1 Å². The first-order valence-electron chi connectivity index (χ1n) is 11.7. The van der Waals surface area contributed by atoms with E-state index in [9.17, 15) is 14.4 Å². The maximum atomic E-state index is 12.2. The number of aliphatic carboxylic acids is 1. The second kappa shape index (κ2) is 12.7. The molecule has 0 spiro atoms. The predicted octanol–water partition coefficient (Wildman–Crippen LogP) is 3.43. The van der Waals surface area contributed by atoms with Crippen molar-refractivity contribution >= 4 is 18.0 Å². The van der Waals surface area contributed by atoms with Crippen LogP contribution in [-0.4, -0.2) is 54.0 Å². The molecule has 0 saturated heterocycles. The number of ether oxygens (including phenoxy) is 1. The zero-order chi connectivity index (χ0) is 24.3. The normalized spacial score (nSPS) is 13.0. The standard InChI is InChI=1S/C26H32N2O6/c29-23(25(31)32)14-16-27-24(30)13-3-1-2-8-15-28-26(33)34-17-22-20-11-6-4-9-18(20)19-10-5-7-12-21(19)22/h4-7,9-12,22-23,29H,1-3,8,13-17H2,(H,27,30)(H,28,33)(H,31,32). The topological polar surface area (TPSA) is 125 Å². The van der Waals surface area contributed by atoms with Gasteiger partial charge in [-0.2, -0.15) is 0 Å². The number of carboxylic acids is 1. The van der Waals surface area contributed by atoms with Gasteiger partial charge in [0.15, 0.2) is 6.10 Å². The van der Waals surface area contributed by atoms with Crippen LogP contribution in [0.25, 0.3) is 11.1 Å². The lowest BCUT2D eigenvalue weighted by molar-refractivity contribution is -0.147. The lowest BCUT2D eigenvalue weighted by Crippen LogP contribution is -2.29. The summed E-state index contributed by atoms with van der Waals surface area (Å²) in [4.78, 5) is 34.3. The van der Waals surface area contributed by atoms with Crippen molar-refractivity contribution in [2.45, 2.75) is 50.5 Å². The van der Waals surface area contributed by atoms with Crippen LogP contribution < -0.4 is 10.6 Å². The number of fused-ring (bicyclic) bond motifs is 3. The Morgan fingerprint density at radius 1 is 0.853 bits per heavy atom. The van der Waals surface area contributed by atoms with Gasteiger partial charge in [-0.3, -0.25) is 4.79 Å². The monoisotopic (exact) mass is 468 g/mol. The summed E-state index contributed by atoms with van der Waals surface area (Å²) in [5.74, 6) is -1.41. The number of carboxylic acid groups (broad SMARTS) is 1.